The highest BCUT2D eigenvalue weighted by Gasteiger charge is 2.31. The molecule has 2 atom stereocenters. The van der Waals surface area contributed by atoms with Gasteiger partial charge in [0.2, 0.25) is 0 Å². The van der Waals surface area contributed by atoms with Crippen molar-refractivity contribution < 1.29 is 8.78 Å². The van der Waals surface area contributed by atoms with E-state index < -0.39 is 11.6 Å². The lowest BCUT2D eigenvalue weighted by atomic mass is 9.95. The lowest BCUT2D eigenvalue weighted by molar-refractivity contribution is 0.352. The van der Waals surface area contributed by atoms with E-state index in [1.54, 1.807) is 18.7 Å². The number of anilines is 2. The maximum Gasteiger partial charge on any atom is 0.165 e. The molecule has 1 aliphatic heterocycles. The number of fused-ring (bicyclic) bond motifs is 1. The number of hydrogen-bond acceptors (Lipinski definition) is 8. The molecule has 1 fully saturated rings. The molecule has 0 spiro atoms. The van der Waals surface area contributed by atoms with Crippen LogP contribution in [0.1, 0.15) is 18.4 Å². The van der Waals surface area contributed by atoms with Crippen LogP contribution in [0.2, 0.25) is 0 Å². The summed E-state index contributed by atoms with van der Waals surface area (Å²) in [7, 11) is 0. The lowest BCUT2D eigenvalue weighted by Crippen LogP contribution is -2.54. The molecule has 10 nitrogen and oxygen atoms in total. The first-order chi connectivity index (χ1) is 18.5. The van der Waals surface area contributed by atoms with Gasteiger partial charge in [-0.2, -0.15) is 5.10 Å². The minimum Gasteiger partial charge on any atom is -0.382 e. The average molecular weight is 517 g/mol. The number of imidazole rings is 1. The molecule has 0 saturated carbocycles. The molecule has 0 aliphatic carbocycles. The molecule has 0 radical (unpaired) electrons. The Morgan fingerprint density at radius 1 is 1.05 bits per heavy atom. The number of nitrogens with zero attached hydrogens (tertiary/aromatic N) is 8. The van der Waals surface area contributed by atoms with Gasteiger partial charge >= 0.3 is 0 Å². The Morgan fingerprint density at radius 2 is 1.95 bits per heavy atom. The predicted octanol–water partition coefficient (Wildman–Crippen LogP) is 2.99. The second kappa shape index (κ2) is 9.78. The summed E-state index contributed by atoms with van der Waals surface area (Å²) in [4.78, 5) is 19.7. The van der Waals surface area contributed by atoms with E-state index in [1.165, 1.54) is 12.4 Å². The van der Waals surface area contributed by atoms with Crippen LogP contribution in [0, 0.1) is 11.6 Å². The van der Waals surface area contributed by atoms with E-state index in [2.05, 4.69) is 29.9 Å². The van der Waals surface area contributed by atoms with Crippen molar-refractivity contribution in [1.82, 2.24) is 34.3 Å². The molecule has 4 aromatic heterocycles. The van der Waals surface area contributed by atoms with Gasteiger partial charge in [-0.05, 0) is 48.7 Å². The second-order valence-corrected chi connectivity index (χ2v) is 9.43. The summed E-state index contributed by atoms with van der Waals surface area (Å²) < 4.78 is 31.4. The first-order valence-electron chi connectivity index (χ1n) is 12.3. The predicted molar refractivity (Wildman–Crippen MR) is 139 cm³/mol. The smallest absolute Gasteiger partial charge is 0.165 e. The van der Waals surface area contributed by atoms with E-state index in [4.69, 9.17) is 11.5 Å². The number of hydrogen-bond donors (Lipinski definition) is 2. The highest BCUT2D eigenvalue weighted by molar-refractivity contribution is 5.81. The molecule has 1 aliphatic rings. The molecule has 5 aromatic rings. The third-order valence-corrected chi connectivity index (χ3v) is 7.03. The molecule has 0 unspecified atom stereocenters. The van der Waals surface area contributed by atoms with E-state index >= 15 is 0 Å². The Labute approximate surface area is 217 Å². The molecule has 1 saturated heterocycles. The number of rotatable bonds is 6. The van der Waals surface area contributed by atoms with Crippen molar-refractivity contribution in [3.05, 3.63) is 78.8 Å². The first-order valence-corrected chi connectivity index (χ1v) is 12.3. The summed E-state index contributed by atoms with van der Waals surface area (Å²) in [6.07, 6.45) is 10.4. The van der Waals surface area contributed by atoms with Gasteiger partial charge in [-0.15, -0.1) is 0 Å². The number of nitrogens with two attached hydrogens (primary N) is 2. The Hall–Kier alpha value is -4.45. The highest BCUT2D eigenvalue weighted by atomic mass is 19.2. The van der Waals surface area contributed by atoms with Gasteiger partial charge in [-0.25, -0.2) is 23.7 Å². The van der Waals surface area contributed by atoms with Gasteiger partial charge < -0.3 is 20.9 Å². The number of benzene rings is 1. The molecule has 0 bridgehead atoms. The summed E-state index contributed by atoms with van der Waals surface area (Å²) in [6, 6.07) is 7.47. The number of halogens is 2. The molecule has 194 valence electrons. The van der Waals surface area contributed by atoms with Crippen LogP contribution in [0.5, 0.6) is 0 Å². The summed E-state index contributed by atoms with van der Waals surface area (Å²) in [5, 5.41) is 4.38. The SMILES string of the molecule is Nc1ncnc2c1ncn2Cc1cc(-c2ccc(F)c(F)c2)ncc1N1CCC[C@@H](N)[C@@H]1Cn1cccn1. The van der Waals surface area contributed by atoms with Crippen molar-refractivity contribution in [3.8, 4) is 11.3 Å². The molecular weight excluding hydrogens is 490 g/mol. The maximum absolute atomic E-state index is 14.1. The third-order valence-electron chi connectivity index (χ3n) is 7.03. The van der Waals surface area contributed by atoms with E-state index in [-0.39, 0.29) is 12.1 Å². The number of piperidine rings is 1. The van der Waals surface area contributed by atoms with Crippen LogP contribution in [0.4, 0.5) is 20.3 Å². The topological polar surface area (TPSA) is 130 Å². The van der Waals surface area contributed by atoms with Crippen molar-refractivity contribution in [3.63, 3.8) is 0 Å². The van der Waals surface area contributed by atoms with E-state index in [0.717, 1.165) is 42.8 Å². The van der Waals surface area contributed by atoms with Gasteiger partial charge in [0.15, 0.2) is 23.1 Å². The lowest BCUT2D eigenvalue weighted by Gasteiger charge is -2.42. The summed E-state index contributed by atoms with van der Waals surface area (Å²) >= 11 is 0. The second-order valence-electron chi connectivity index (χ2n) is 9.43. The van der Waals surface area contributed by atoms with E-state index in [0.29, 0.717) is 41.3 Å². The van der Waals surface area contributed by atoms with Crippen LogP contribution in [0.3, 0.4) is 0 Å². The number of aromatic nitrogens is 7. The van der Waals surface area contributed by atoms with Crippen LogP contribution in [-0.2, 0) is 13.1 Å². The summed E-state index contributed by atoms with van der Waals surface area (Å²) in [5.41, 5.74) is 16.5. The van der Waals surface area contributed by atoms with Gasteiger partial charge in [0.1, 0.15) is 11.8 Å². The Balaban J connectivity index is 1.45. The molecule has 12 heteroatoms. The number of nitrogen functional groups attached to an aromatic ring is 1. The van der Waals surface area contributed by atoms with Gasteiger partial charge in [0.05, 0.1) is 43.0 Å². The van der Waals surface area contributed by atoms with Gasteiger partial charge in [-0.1, -0.05) is 0 Å². The zero-order chi connectivity index (χ0) is 26.2. The molecule has 1 aromatic carbocycles. The highest BCUT2D eigenvalue weighted by Crippen LogP contribution is 2.32. The summed E-state index contributed by atoms with van der Waals surface area (Å²) in [6.45, 7) is 1.80. The minimum absolute atomic E-state index is 0.0178. The van der Waals surface area contributed by atoms with Gasteiger partial charge in [0, 0.05) is 30.5 Å². The van der Waals surface area contributed by atoms with Crippen LogP contribution in [0.25, 0.3) is 22.4 Å². The maximum atomic E-state index is 14.1. The normalized spacial score (nSPS) is 17.8. The standard InChI is InChI=1S/C26H26F2N10/c27-18-5-4-16(9-19(18)28)21-10-17(12-36-15-34-24-25(30)32-14-33-26(24)36)22(11-31-21)38-8-1-3-20(29)23(38)13-37-7-2-6-35-37/h2,4-7,9-11,14-15,20,23H,1,3,8,12-13,29H2,(H2,30,32,33)/t20-,23+/m1/s1. The van der Waals surface area contributed by atoms with Gasteiger partial charge in [-0.3, -0.25) is 9.67 Å². The molecule has 0 amide bonds. The van der Waals surface area contributed by atoms with Crippen LogP contribution in [0.15, 0.2) is 61.6 Å². The fourth-order valence-corrected chi connectivity index (χ4v) is 5.11. The Morgan fingerprint density at radius 3 is 2.76 bits per heavy atom. The Kier molecular flexibility index (Phi) is 6.16. The van der Waals surface area contributed by atoms with Crippen LogP contribution in [-0.4, -0.2) is 52.9 Å². The van der Waals surface area contributed by atoms with E-state index in [1.807, 2.05) is 27.6 Å². The van der Waals surface area contributed by atoms with Crippen LogP contribution >= 0.6 is 0 Å². The Bertz CT molecular complexity index is 1580. The zero-order valence-electron chi connectivity index (χ0n) is 20.5. The van der Waals surface area contributed by atoms with Crippen LogP contribution < -0.4 is 16.4 Å². The molecule has 38 heavy (non-hydrogen) atoms. The van der Waals surface area contributed by atoms with Crippen molar-refractivity contribution in [2.45, 2.75) is 38.0 Å². The van der Waals surface area contributed by atoms with Crippen molar-refractivity contribution >= 4 is 22.7 Å². The summed E-state index contributed by atoms with van der Waals surface area (Å²) in [5.74, 6) is -1.53. The monoisotopic (exact) mass is 516 g/mol. The van der Waals surface area contributed by atoms with Gasteiger partial charge in [0.25, 0.3) is 0 Å². The minimum atomic E-state index is -0.927. The zero-order valence-corrected chi connectivity index (χ0v) is 20.5. The van der Waals surface area contributed by atoms with Crippen molar-refractivity contribution in [1.29, 1.82) is 0 Å². The fourth-order valence-electron chi connectivity index (χ4n) is 5.11. The number of pyridine rings is 1. The fraction of sp³-hybridized carbons (Fsp3) is 0.269. The molecule has 4 N–H and O–H groups in total. The van der Waals surface area contributed by atoms with Crippen molar-refractivity contribution in [2.75, 3.05) is 17.2 Å². The molecular formula is C26H26F2N10. The molecule has 6 rings (SSSR count). The largest absolute Gasteiger partial charge is 0.382 e. The average Bonchev–Trinajstić information content (AvgIpc) is 3.58. The molecule has 5 heterocycles. The third kappa shape index (κ3) is 4.43. The van der Waals surface area contributed by atoms with E-state index in [9.17, 15) is 8.78 Å². The van der Waals surface area contributed by atoms with Crippen molar-refractivity contribution in [2.24, 2.45) is 5.73 Å². The quantitative estimate of drug-likeness (QED) is 0.352. The first kappa shape index (κ1) is 23.9.